The van der Waals surface area contributed by atoms with Crippen molar-refractivity contribution in [2.24, 2.45) is 7.05 Å². The maximum Gasteiger partial charge on any atom is 0.253 e. The minimum atomic E-state index is -0.771. The van der Waals surface area contributed by atoms with Gasteiger partial charge in [-0.3, -0.25) is 14.2 Å². The summed E-state index contributed by atoms with van der Waals surface area (Å²) in [6, 6.07) is 15.7. The van der Waals surface area contributed by atoms with Crippen LogP contribution in [0.1, 0.15) is 90.3 Å². The zero-order valence-electron chi connectivity index (χ0n) is 27.4. The lowest BCUT2D eigenvalue weighted by Crippen LogP contribution is -2.27. The van der Waals surface area contributed by atoms with Crippen molar-refractivity contribution in [3.8, 4) is 16.9 Å². The highest BCUT2D eigenvalue weighted by atomic mass is 16.3. The van der Waals surface area contributed by atoms with Crippen LogP contribution in [0.4, 0.5) is 0 Å². The fourth-order valence-corrected chi connectivity index (χ4v) is 7.17. The summed E-state index contributed by atoms with van der Waals surface area (Å²) in [6.07, 6.45) is 7.64. The van der Waals surface area contributed by atoms with E-state index < -0.39 is 6.10 Å². The van der Waals surface area contributed by atoms with E-state index in [4.69, 9.17) is 15.2 Å². The molecule has 4 aromatic heterocycles. The second kappa shape index (κ2) is 11.5. The topological polar surface area (TPSA) is 107 Å². The normalized spacial score (nSPS) is 15.8. The smallest absolute Gasteiger partial charge is 0.253 e. The van der Waals surface area contributed by atoms with Gasteiger partial charge in [-0.05, 0) is 68.4 Å². The molecule has 6 aromatic rings. The number of pyridine rings is 1. The minimum absolute atomic E-state index is 0.0606. The zero-order valence-corrected chi connectivity index (χ0v) is 27.4. The number of aryl methyl sites for hydroxylation is 1. The molecule has 10 nitrogen and oxygen atoms in total. The molecule has 1 saturated heterocycles. The molecule has 2 aliphatic rings. The molecule has 1 aliphatic carbocycles. The Morgan fingerprint density at radius 2 is 1.77 bits per heavy atom. The van der Waals surface area contributed by atoms with Gasteiger partial charge in [-0.25, -0.2) is 9.67 Å². The maximum atomic E-state index is 12.8. The Morgan fingerprint density at radius 3 is 2.49 bits per heavy atom. The van der Waals surface area contributed by atoms with Crippen molar-refractivity contribution in [1.29, 1.82) is 0 Å². The third-order valence-electron chi connectivity index (χ3n) is 9.70. The monoisotopic (exact) mass is 628 g/mol. The molecule has 1 saturated carbocycles. The zero-order chi connectivity index (χ0) is 32.4. The number of carbonyl (C=O) groups excluding carboxylic acids is 1. The Bertz CT molecular complexity index is 2130. The third-order valence-corrected chi connectivity index (χ3v) is 9.70. The van der Waals surface area contributed by atoms with Gasteiger partial charge in [-0.1, -0.05) is 38.1 Å². The number of likely N-dealkylation sites (tertiary alicyclic amines) is 1. The van der Waals surface area contributed by atoms with E-state index in [0.29, 0.717) is 18.0 Å². The number of rotatable bonds is 8. The second-order valence-electron chi connectivity index (χ2n) is 13.5. The summed E-state index contributed by atoms with van der Waals surface area (Å²) in [6.45, 7) is 8.50. The molecular weight excluding hydrogens is 588 g/mol. The molecule has 5 heterocycles. The average Bonchev–Trinajstić information content (AvgIpc) is 3.37. The van der Waals surface area contributed by atoms with Crippen LogP contribution >= 0.6 is 0 Å². The van der Waals surface area contributed by atoms with Crippen LogP contribution in [0.25, 0.3) is 38.9 Å². The lowest BCUT2D eigenvalue weighted by molar-refractivity contribution is 0.0792. The minimum Gasteiger partial charge on any atom is -0.386 e. The molecule has 240 valence electrons. The second-order valence-corrected chi connectivity index (χ2v) is 13.5. The molecule has 1 aliphatic heterocycles. The van der Waals surface area contributed by atoms with E-state index in [1.807, 2.05) is 70.1 Å². The van der Waals surface area contributed by atoms with Crippen molar-refractivity contribution in [1.82, 2.24) is 39.2 Å². The first-order valence-electron chi connectivity index (χ1n) is 16.7. The van der Waals surface area contributed by atoms with Crippen LogP contribution in [0.3, 0.4) is 0 Å². The number of carbonyl (C=O) groups is 1. The highest BCUT2D eigenvalue weighted by molar-refractivity contribution is 5.95. The van der Waals surface area contributed by atoms with Gasteiger partial charge in [0.2, 0.25) is 0 Å². The van der Waals surface area contributed by atoms with Crippen LogP contribution in [0, 0.1) is 6.92 Å². The highest BCUT2D eigenvalue weighted by Crippen LogP contribution is 2.44. The van der Waals surface area contributed by atoms with Gasteiger partial charge in [0, 0.05) is 71.6 Å². The van der Waals surface area contributed by atoms with Gasteiger partial charge in [0.05, 0.1) is 35.2 Å². The van der Waals surface area contributed by atoms with Gasteiger partial charge in [0.15, 0.2) is 5.65 Å². The first-order chi connectivity index (χ1) is 22.7. The summed E-state index contributed by atoms with van der Waals surface area (Å²) in [7, 11) is 1.93. The largest absolute Gasteiger partial charge is 0.386 e. The summed E-state index contributed by atoms with van der Waals surface area (Å²) < 4.78 is 5.72. The summed E-state index contributed by atoms with van der Waals surface area (Å²) in [5.41, 5.74) is 9.39. The molecule has 47 heavy (non-hydrogen) atoms. The molecule has 0 bridgehead atoms. The predicted octanol–water partition coefficient (Wildman–Crippen LogP) is 6.45. The van der Waals surface area contributed by atoms with Crippen molar-refractivity contribution >= 4 is 27.8 Å². The SMILES string of the molecule is Cc1c(C(C)C)c(-c2cccc3nn(C[C@H](O)c4ccc(C(=O)N5CCCC5)cc4)cc23)nn1-c1cc2cn(C)nc2nc1C1CC1. The van der Waals surface area contributed by atoms with Crippen molar-refractivity contribution in [2.45, 2.75) is 70.9 Å². The van der Waals surface area contributed by atoms with E-state index in [-0.39, 0.29) is 11.8 Å². The number of aliphatic hydroxyl groups is 1. The molecule has 1 amide bonds. The molecule has 2 aromatic carbocycles. The highest BCUT2D eigenvalue weighted by Gasteiger charge is 2.31. The van der Waals surface area contributed by atoms with E-state index in [1.54, 1.807) is 0 Å². The Kier molecular flexibility index (Phi) is 7.20. The van der Waals surface area contributed by atoms with E-state index in [9.17, 15) is 9.90 Å². The number of amides is 1. The van der Waals surface area contributed by atoms with Gasteiger partial charge in [0.1, 0.15) is 0 Å². The number of aliphatic hydroxyl groups excluding tert-OH is 1. The van der Waals surface area contributed by atoms with Crippen LogP contribution in [-0.4, -0.2) is 63.3 Å². The third kappa shape index (κ3) is 5.30. The molecule has 1 atom stereocenters. The fourth-order valence-electron chi connectivity index (χ4n) is 7.17. The predicted molar refractivity (Wildman–Crippen MR) is 182 cm³/mol. The quantitative estimate of drug-likeness (QED) is 0.208. The Labute approximate surface area is 273 Å². The van der Waals surface area contributed by atoms with Crippen molar-refractivity contribution in [2.75, 3.05) is 13.1 Å². The molecule has 1 N–H and O–H groups in total. The van der Waals surface area contributed by atoms with Crippen LogP contribution in [0.5, 0.6) is 0 Å². The number of hydrogen-bond acceptors (Lipinski definition) is 6. The number of nitrogens with zero attached hydrogens (tertiary/aromatic N) is 8. The summed E-state index contributed by atoms with van der Waals surface area (Å²) in [5.74, 6) is 0.733. The van der Waals surface area contributed by atoms with Crippen LogP contribution in [0.2, 0.25) is 0 Å². The molecule has 2 fully saturated rings. The van der Waals surface area contributed by atoms with Crippen LogP contribution in [0.15, 0.2) is 60.9 Å². The van der Waals surface area contributed by atoms with Gasteiger partial charge in [0.25, 0.3) is 5.91 Å². The molecular formula is C37H40N8O2. The van der Waals surface area contributed by atoms with E-state index in [2.05, 4.69) is 42.7 Å². The van der Waals surface area contributed by atoms with E-state index in [1.165, 1.54) is 5.56 Å². The first-order valence-corrected chi connectivity index (χ1v) is 16.7. The van der Waals surface area contributed by atoms with Crippen molar-refractivity contribution < 1.29 is 9.90 Å². The van der Waals surface area contributed by atoms with Crippen LogP contribution in [-0.2, 0) is 13.6 Å². The number of fused-ring (bicyclic) bond motifs is 2. The molecule has 0 unspecified atom stereocenters. The Hall–Kier alpha value is -4.83. The van der Waals surface area contributed by atoms with Gasteiger partial charge >= 0.3 is 0 Å². The Morgan fingerprint density at radius 1 is 1.00 bits per heavy atom. The van der Waals surface area contributed by atoms with E-state index in [0.717, 1.165) is 94.6 Å². The summed E-state index contributed by atoms with van der Waals surface area (Å²) in [5, 5.41) is 27.9. The van der Waals surface area contributed by atoms with Crippen LogP contribution < -0.4 is 0 Å². The van der Waals surface area contributed by atoms with Gasteiger partial charge in [-0.15, -0.1) is 0 Å². The van der Waals surface area contributed by atoms with Crippen molar-refractivity contribution in [3.63, 3.8) is 0 Å². The van der Waals surface area contributed by atoms with Gasteiger partial charge in [-0.2, -0.15) is 15.3 Å². The first kappa shape index (κ1) is 29.6. The summed E-state index contributed by atoms with van der Waals surface area (Å²) >= 11 is 0. The van der Waals surface area contributed by atoms with Gasteiger partial charge < -0.3 is 10.0 Å². The molecule has 0 radical (unpaired) electrons. The summed E-state index contributed by atoms with van der Waals surface area (Å²) in [4.78, 5) is 19.7. The van der Waals surface area contributed by atoms with Crippen molar-refractivity contribution in [3.05, 3.63) is 89.0 Å². The standard InChI is InChI=1S/C37H40N8O2/c1-22(2)33-23(3)45(31-18-27-19-42(4)41-36(27)38-34(31)25-12-13-25)40-35(33)28-8-7-9-30-29(28)20-44(39-30)21-32(46)24-10-14-26(15-11-24)37(47)43-16-5-6-17-43/h7-11,14-15,18-20,22,25,32,46H,5-6,12-13,16-17,21H2,1-4H3/t32-/m0/s1. The number of benzene rings is 2. The van der Waals surface area contributed by atoms with E-state index >= 15 is 0 Å². The Balaban J connectivity index is 1.13. The fraction of sp³-hybridized carbons (Fsp3) is 0.378. The molecule has 10 heteroatoms. The molecule has 8 rings (SSSR count). The average molecular weight is 629 g/mol. The number of aromatic nitrogens is 7. The molecule has 0 spiro atoms. The lowest BCUT2D eigenvalue weighted by Gasteiger charge is -2.16. The number of hydrogen-bond donors (Lipinski definition) is 1. The maximum absolute atomic E-state index is 12.8. The lowest BCUT2D eigenvalue weighted by atomic mass is 9.95.